The van der Waals surface area contributed by atoms with E-state index in [1.807, 2.05) is 85.8 Å². The molecule has 2 atom stereocenters. The Bertz CT molecular complexity index is 1690. The molecule has 0 bridgehead atoms. The van der Waals surface area contributed by atoms with Crippen LogP contribution in [0.3, 0.4) is 0 Å². The zero-order valence-corrected chi connectivity index (χ0v) is 24.2. The summed E-state index contributed by atoms with van der Waals surface area (Å²) in [6, 6.07) is 31.7. The molecule has 1 N–H and O–H groups in total. The van der Waals surface area contributed by atoms with Crippen molar-refractivity contribution in [3.05, 3.63) is 131 Å². The predicted molar refractivity (Wildman–Crippen MR) is 167 cm³/mol. The fourth-order valence-electron chi connectivity index (χ4n) is 4.92. The van der Waals surface area contributed by atoms with Gasteiger partial charge in [0, 0.05) is 39.4 Å². The van der Waals surface area contributed by atoms with E-state index in [9.17, 15) is 10.1 Å². The Morgan fingerprint density at radius 3 is 2.33 bits per heavy atom. The SMILES string of the molecule is CCOc1ccc(-c2ccc(C3C(c4ccccn4)NC(=S)N3c3ccc(Sc4ccc([N+](=O)[O-])cc4)cc3)o2)cc1. The Morgan fingerprint density at radius 2 is 1.69 bits per heavy atom. The van der Waals surface area contributed by atoms with Crippen molar-refractivity contribution in [3.63, 3.8) is 0 Å². The molecule has 1 saturated heterocycles. The van der Waals surface area contributed by atoms with E-state index in [-0.39, 0.29) is 17.8 Å². The molecule has 6 rings (SSSR count). The van der Waals surface area contributed by atoms with Gasteiger partial charge in [-0.1, -0.05) is 17.8 Å². The molecule has 0 aliphatic carbocycles. The van der Waals surface area contributed by atoms with E-state index in [4.69, 9.17) is 21.4 Å². The summed E-state index contributed by atoms with van der Waals surface area (Å²) in [6.07, 6.45) is 1.78. The van der Waals surface area contributed by atoms with E-state index in [1.54, 1.807) is 18.3 Å². The maximum atomic E-state index is 11.0. The van der Waals surface area contributed by atoms with E-state index in [1.165, 1.54) is 23.9 Å². The lowest BCUT2D eigenvalue weighted by Gasteiger charge is -2.26. The molecule has 8 nitrogen and oxygen atoms in total. The first-order valence-electron chi connectivity index (χ1n) is 13.4. The van der Waals surface area contributed by atoms with Crippen molar-refractivity contribution in [2.75, 3.05) is 11.5 Å². The normalized spacial score (nSPS) is 16.3. The van der Waals surface area contributed by atoms with Crippen molar-refractivity contribution in [2.45, 2.75) is 28.8 Å². The highest BCUT2D eigenvalue weighted by molar-refractivity contribution is 7.99. The van der Waals surface area contributed by atoms with Crippen molar-refractivity contribution in [2.24, 2.45) is 0 Å². The molecule has 0 saturated carbocycles. The first-order valence-corrected chi connectivity index (χ1v) is 14.6. The third-order valence-corrected chi connectivity index (χ3v) is 8.19. The first kappa shape index (κ1) is 27.5. The summed E-state index contributed by atoms with van der Waals surface area (Å²) in [6.45, 7) is 2.57. The molecule has 3 aromatic carbocycles. The van der Waals surface area contributed by atoms with Gasteiger partial charge in [0.2, 0.25) is 0 Å². The molecule has 1 aliphatic rings. The molecular weight excluding hydrogens is 569 g/mol. The van der Waals surface area contributed by atoms with Gasteiger partial charge in [-0.2, -0.15) is 0 Å². The number of pyridine rings is 1. The number of nitro benzene ring substituents is 1. The standard InChI is InChI=1S/C32H26N4O4S2/c1-2-39-24-12-6-21(7-13-24)28-18-19-29(40-28)31-30(27-5-3-4-20-33-27)34-32(41)35(31)22-8-14-25(15-9-22)42-26-16-10-23(11-17-26)36(37)38/h3-20,30-31H,2H2,1H3,(H,34,41). The van der Waals surface area contributed by atoms with Gasteiger partial charge >= 0.3 is 0 Å². The van der Waals surface area contributed by atoms with Gasteiger partial charge in [-0.15, -0.1) is 0 Å². The number of ether oxygens (including phenoxy) is 1. The summed E-state index contributed by atoms with van der Waals surface area (Å²) in [5.41, 5.74) is 2.79. The number of anilines is 1. The number of benzene rings is 3. The molecule has 0 radical (unpaired) electrons. The van der Waals surface area contributed by atoms with Crippen molar-refractivity contribution >= 4 is 40.5 Å². The van der Waals surface area contributed by atoms with E-state index in [0.29, 0.717) is 11.7 Å². The number of nitrogens with zero attached hydrogens (tertiary/aromatic N) is 3. The highest BCUT2D eigenvalue weighted by Crippen LogP contribution is 2.43. The van der Waals surface area contributed by atoms with Gasteiger partial charge < -0.3 is 19.4 Å². The molecule has 1 fully saturated rings. The van der Waals surface area contributed by atoms with Crippen molar-refractivity contribution in [1.29, 1.82) is 0 Å². The maximum Gasteiger partial charge on any atom is 0.269 e. The zero-order chi connectivity index (χ0) is 29.1. The smallest absolute Gasteiger partial charge is 0.269 e. The minimum Gasteiger partial charge on any atom is -0.494 e. The van der Waals surface area contributed by atoms with Crippen molar-refractivity contribution in [3.8, 4) is 17.1 Å². The number of non-ortho nitro benzene ring substituents is 1. The highest BCUT2D eigenvalue weighted by Gasteiger charge is 2.42. The van der Waals surface area contributed by atoms with Gasteiger partial charge in [-0.25, -0.2) is 0 Å². The molecular formula is C32H26N4O4S2. The molecule has 3 heterocycles. The van der Waals surface area contributed by atoms with Gasteiger partial charge in [-0.05, 0) is 104 Å². The first-order chi connectivity index (χ1) is 20.5. The third kappa shape index (κ3) is 5.72. The van der Waals surface area contributed by atoms with Gasteiger partial charge in [-0.3, -0.25) is 15.1 Å². The Kier molecular flexibility index (Phi) is 7.89. The fourth-order valence-corrected chi connectivity index (χ4v) is 6.08. The fraction of sp³-hybridized carbons (Fsp3) is 0.125. The molecule has 1 aliphatic heterocycles. The number of rotatable bonds is 9. The van der Waals surface area contributed by atoms with Crippen LogP contribution in [0.25, 0.3) is 11.3 Å². The summed E-state index contributed by atoms with van der Waals surface area (Å²) in [7, 11) is 0. The molecule has 210 valence electrons. The Hall–Kier alpha value is -4.67. The predicted octanol–water partition coefficient (Wildman–Crippen LogP) is 7.98. The van der Waals surface area contributed by atoms with Crippen LogP contribution in [0.5, 0.6) is 5.75 Å². The second-order valence-electron chi connectivity index (χ2n) is 9.50. The molecule has 0 spiro atoms. The van der Waals surface area contributed by atoms with Crippen LogP contribution in [-0.4, -0.2) is 21.6 Å². The number of furan rings is 1. The van der Waals surface area contributed by atoms with Crippen LogP contribution in [0, 0.1) is 10.1 Å². The van der Waals surface area contributed by atoms with Crippen LogP contribution in [-0.2, 0) is 0 Å². The second kappa shape index (κ2) is 12.1. The van der Waals surface area contributed by atoms with E-state index < -0.39 is 4.92 Å². The lowest BCUT2D eigenvalue weighted by atomic mass is 10.0. The topological polar surface area (TPSA) is 93.7 Å². The Morgan fingerprint density at radius 1 is 0.976 bits per heavy atom. The lowest BCUT2D eigenvalue weighted by molar-refractivity contribution is -0.384. The minimum atomic E-state index is -0.398. The largest absolute Gasteiger partial charge is 0.494 e. The number of hydrogen-bond donors (Lipinski definition) is 1. The van der Waals surface area contributed by atoms with E-state index in [2.05, 4.69) is 15.2 Å². The lowest BCUT2D eigenvalue weighted by Crippen LogP contribution is -2.29. The monoisotopic (exact) mass is 594 g/mol. The van der Waals surface area contributed by atoms with Crippen LogP contribution in [0.2, 0.25) is 0 Å². The van der Waals surface area contributed by atoms with Crippen LogP contribution in [0.1, 0.15) is 30.5 Å². The van der Waals surface area contributed by atoms with Gasteiger partial charge in [0.1, 0.15) is 23.3 Å². The quantitative estimate of drug-likeness (QED) is 0.104. The van der Waals surface area contributed by atoms with Gasteiger partial charge in [0.15, 0.2) is 5.11 Å². The highest BCUT2D eigenvalue weighted by atomic mass is 32.2. The molecule has 2 unspecified atom stereocenters. The molecule has 10 heteroatoms. The molecule has 5 aromatic rings. The van der Waals surface area contributed by atoms with Crippen molar-refractivity contribution < 1.29 is 14.1 Å². The second-order valence-corrected chi connectivity index (χ2v) is 11.0. The summed E-state index contributed by atoms with van der Waals surface area (Å²) >= 11 is 7.39. The van der Waals surface area contributed by atoms with Crippen LogP contribution >= 0.6 is 24.0 Å². The zero-order valence-electron chi connectivity index (χ0n) is 22.5. The summed E-state index contributed by atoms with van der Waals surface area (Å²) in [5, 5.41) is 15.0. The van der Waals surface area contributed by atoms with Crippen LogP contribution in [0.4, 0.5) is 11.4 Å². The Balaban J connectivity index is 1.30. The number of thiocarbonyl (C=S) groups is 1. The Labute approximate surface area is 252 Å². The summed E-state index contributed by atoms with van der Waals surface area (Å²) in [5.74, 6) is 2.32. The number of hydrogen-bond acceptors (Lipinski definition) is 7. The summed E-state index contributed by atoms with van der Waals surface area (Å²) < 4.78 is 12.1. The maximum absolute atomic E-state index is 11.0. The van der Waals surface area contributed by atoms with Gasteiger partial charge in [0.25, 0.3) is 5.69 Å². The average Bonchev–Trinajstić information content (AvgIpc) is 3.64. The van der Waals surface area contributed by atoms with Gasteiger partial charge in [0.05, 0.1) is 23.3 Å². The van der Waals surface area contributed by atoms with Crippen LogP contribution < -0.4 is 15.0 Å². The molecule has 0 amide bonds. The van der Waals surface area contributed by atoms with Crippen molar-refractivity contribution in [1.82, 2.24) is 10.3 Å². The third-order valence-electron chi connectivity index (χ3n) is 6.86. The number of nitro groups is 1. The molecule has 42 heavy (non-hydrogen) atoms. The van der Waals surface area contributed by atoms with E-state index >= 15 is 0 Å². The minimum absolute atomic E-state index is 0.0712. The summed E-state index contributed by atoms with van der Waals surface area (Å²) in [4.78, 5) is 19.2. The number of nitrogens with one attached hydrogen (secondary N) is 1. The number of aromatic nitrogens is 1. The average molecular weight is 595 g/mol. The van der Waals surface area contributed by atoms with E-state index in [0.717, 1.165) is 44.0 Å². The molecule has 2 aromatic heterocycles. The van der Waals surface area contributed by atoms with Crippen LogP contribution in [0.15, 0.2) is 124 Å².